The fourth-order valence-electron chi connectivity index (χ4n) is 4.36. The van der Waals surface area contributed by atoms with Crippen LogP contribution in [-0.2, 0) is 18.3 Å². The number of nitrogens with zero attached hydrogens (tertiary/aromatic N) is 4. The number of pyridine rings is 1. The van der Waals surface area contributed by atoms with E-state index in [0.717, 1.165) is 16.7 Å². The number of hydrogen-bond donors (Lipinski definition) is 1. The van der Waals surface area contributed by atoms with Gasteiger partial charge in [-0.2, -0.15) is 5.10 Å². The highest BCUT2D eigenvalue weighted by Crippen LogP contribution is 2.38. The Morgan fingerprint density at radius 3 is 2.75 bits per heavy atom. The van der Waals surface area contributed by atoms with Crippen molar-refractivity contribution in [1.29, 1.82) is 0 Å². The van der Waals surface area contributed by atoms with Crippen LogP contribution < -0.4 is 5.32 Å². The summed E-state index contributed by atoms with van der Waals surface area (Å²) < 4.78 is 1.55. The maximum Gasteiger partial charge on any atom is 0.272 e. The van der Waals surface area contributed by atoms with E-state index in [2.05, 4.69) is 21.3 Å². The SMILES string of the molecule is C#CCNC(=O)C1(Cc2ccccc2-c2cccnc2)CCN(C(=O)c2ccnn2C)C1. The molecule has 1 N–H and O–H groups in total. The molecule has 4 rings (SSSR count). The molecule has 0 bridgehead atoms. The minimum absolute atomic E-state index is 0.128. The molecule has 0 spiro atoms. The largest absolute Gasteiger partial charge is 0.345 e. The monoisotopic (exact) mass is 427 g/mol. The normalized spacial score (nSPS) is 17.7. The van der Waals surface area contributed by atoms with Gasteiger partial charge in [-0.05, 0) is 36.1 Å². The number of carbonyl (C=O) groups excluding carboxylic acids is 2. The number of nitrogens with one attached hydrogen (secondary N) is 1. The Kier molecular flexibility index (Phi) is 6.04. The number of terminal acetylenes is 1. The molecule has 3 aromatic rings. The number of benzene rings is 1. The van der Waals surface area contributed by atoms with E-state index in [4.69, 9.17) is 6.42 Å². The summed E-state index contributed by atoms with van der Waals surface area (Å²) in [6.45, 7) is 0.956. The second-order valence-electron chi connectivity index (χ2n) is 8.06. The molecule has 3 heterocycles. The van der Waals surface area contributed by atoms with Crippen molar-refractivity contribution in [3.05, 3.63) is 72.3 Å². The van der Waals surface area contributed by atoms with E-state index < -0.39 is 5.41 Å². The van der Waals surface area contributed by atoms with Crippen molar-refractivity contribution in [3.63, 3.8) is 0 Å². The van der Waals surface area contributed by atoms with Crippen molar-refractivity contribution in [2.75, 3.05) is 19.6 Å². The second-order valence-corrected chi connectivity index (χ2v) is 8.06. The lowest BCUT2D eigenvalue weighted by atomic mass is 9.78. The summed E-state index contributed by atoms with van der Waals surface area (Å²) in [6, 6.07) is 13.6. The van der Waals surface area contributed by atoms with E-state index in [9.17, 15) is 9.59 Å². The highest BCUT2D eigenvalue weighted by molar-refractivity contribution is 5.94. The average molecular weight is 428 g/mol. The average Bonchev–Trinajstić information content (AvgIpc) is 3.45. The van der Waals surface area contributed by atoms with E-state index in [-0.39, 0.29) is 18.4 Å². The van der Waals surface area contributed by atoms with Crippen LogP contribution in [-0.4, -0.2) is 51.1 Å². The van der Waals surface area contributed by atoms with Gasteiger partial charge in [0.2, 0.25) is 5.91 Å². The van der Waals surface area contributed by atoms with Crippen molar-refractivity contribution < 1.29 is 9.59 Å². The highest BCUT2D eigenvalue weighted by Gasteiger charge is 2.46. The van der Waals surface area contributed by atoms with Gasteiger partial charge in [-0.1, -0.05) is 36.3 Å². The Bertz CT molecular complexity index is 1160. The standard InChI is InChI=1S/C25H25N5O2/c1-3-12-27-24(32)25(11-15-30(18-25)23(31)22-10-14-28-29(22)2)16-19-7-4-5-9-21(19)20-8-6-13-26-17-20/h1,4-10,13-14,17H,11-12,15-16,18H2,2H3,(H,27,32). The number of amides is 2. The lowest BCUT2D eigenvalue weighted by Gasteiger charge is -2.29. The van der Waals surface area contributed by atoms with Crippen molar-refractivity contribution in [2.45, 2.75) is 12.8 Å². The molecule has 0 saturated carbocycles. The number of likely N-dealkylation sites (tertiary alicyclic amines) is 1. The highest BCUT2D eigenvalue weighted by atomic mass is 16.2. The fourth-order valence-corrected chi connectivity index (χ4v) is 4.36. The number of hydrogen-bond acceptors (Lipinski definition) is 4. The van der Waals surface area contributed by atoms with Crippen LogP contribution in [0.2, 0.25) is 0 Å². The summed E-state index contributed by atoms with van der Waals surface area (Å²) in [5, 5.41) is 6.95. The topological polar surface area (TPSA) is 80.1 Å². The van der Waals surface area contributed by atoms with Crippen molar-refractivity contribution in [3.8, 4) is 23.5 Å². The van der Waals surface area contributed by atoms with Crippen LogP contribution in [0.15, 0.2) is 61.1 Å². The first-order valence-corrected chi connectivity index (χ1v) is 10.5. The molecule has 7 nitrogen and oxygen atoms in total. The summed E-state index contributed by atoms with van der Waals surface area (Å²) in [7, 11) is 1.74. The molecule has 2 amide bonds. The van der Waals surface area contributed by atoms with Gasteiger partial charge in [0.25, 0.3) is 5.91 Å². The van der Waals surface area contributed by atoms with Gasteiger partial charge >= 0.3 is 0 Å². The van der Waals surface area contributed by atoms with Crippen LogP contribution in [0.5, 0.6) is 0 Å². The lowest BCUT2D eigenvalue weighted by molar-refractivity contribution is -0.130. The summed E-state index contributed by atoms with van der Waals surface area (Å²) in [5.41, 5.74) is 2.78. The first-order chi connectivity index (χ1) is 15.5. The molecule has 1 aromatic carbocycles. The van der Waals surface area contributed by atoms with Crippen LogP contribution >= 0.6 is 0 Å². The van der Waals surface area contributed by atoms with E-state index >= 15 is 0 Å². The summed E-state index contributed by atoms with van der Waals surface area (Å²) >= 11 is 0. The molecule has 1 atom stereocenters. The zero-order valence-electron chi connectivity index (χ0n) is 18.0. The molecule has 162 valence electrons. The Labute approximate surface area is 187 Å². The van der Waals surface area contributed by atoms with Crippen LogP contribution in [0.1, 0.15) is 22.5 Å². The van der Waals surface area contributed by atoms with E-state index in [1.54, 1.807) is 35.1 Å². The first-order valence-electron chi connectivity index (χ1n) is 10.5. The maximum atomic E-state index is 13.3. The van der Waals surface area contributed by atoms with Crippen molar-refractivity contribution in [1.82, 2.24) is 25.0 Å². The quantitative estimate of drug-likeness (QED) is 0.612. The maximum absolute atomic E-state index is 13.3. The van der Waals surface area contributed by atoms with Gasteiger partial charge in [0, 0.05) is 44.3 Å². The first kappa shape index (κ1) is 21.3. The van der Waals surface area contributed by atoms with E-state index in [1.807, 2.05) is 42.6 Å². The molecular formula is C25H25N5O2. The van der Waals surface area contributed by atoms with Gasteiger partial charge in [0.1, 0.15) is 5.69 Å². The van der Waals surface area contributed by atoms with Gasteiger partial charge in [-0.15, -0.1) is 6.42 Å². The molecule has 1 aliphatic heterocycles. The predicted molar refractivity (Wildman–Crippen MR) is 121 cm³/mol. The molecular weight excluding hydrogens is 402 g/mol. The Balaban J connectivity index is 1.66. The number of carbonyl (C=O) groups is 2. The van der Waals surface area contributed by atoms with Crippen LogP contribution in [0.4, 0.5) is 0 Å². The smallest absolute Gasteiger partial charge is 0.272 e. The van der Waals surface area contributed by atoms with E-state index in [0.29, 0.717) is 31.6 Å². The summed E-state index contributed by atoms with van der Waals surface area (Å²) in [6.07, 6.45) is 11.6. The van der Waals surface area contributed by atoms with Crippen molar-refractivity contribution >= 4 is 11.8 Å². The van der Waals surface area contributed by atoms with Crippen LogP contribution in [0, 0.1) is 17.8 Å². The fraction of sp³-hybridized carbons (Fsp3) is 0.280. The van der Waals surface area contributed by atoms with Gasteiger partial charge in [-0.25, -0.2) is 0 Å². The summed E-state index contributed by atoms with van der Waals surface area (Å²) in [4.78, 5) is 32.4. The van der Waals surface area contributed by atoms with Crippen LogP contribution in [0.25, 0.3) is 11.1 Å². The van der Waals surface area contributed by atoms with E-state index in [1.165, 1.54) is 0 Å². The summed E-state index contributed by atoms with van der Waals surface area (Å²) in [5.74, 6) is 2.22. The zero-order valence-corrected chi connectivity index (χ0v) is 18.0. The van der Waals surface area contributed by atoms with Crippen LogP contribution in [0.3, 0.4) is 0 Å². The molecule has 32 heavy (non-hydrogen) atoms. The molecule has 0 aliphatic carbocycles. The number of rotatable bonds is 6. The van der Waals surface area contributed by atoms with Crippen molar-refractivity contribution in [2.24, 2.45) is 12.5 Å². The third-order valence-electron chi connectivity index (χ3n) is 6.03. The third-order valence-corrected chi connectivity index (χ3v) is 6.03. The van der Waals surface area contributed by atoms with Gasteiger partial charge < -0.3 is 10.2 Å². The molecule has 2 aromatic heterocycles. The Morgan fingerprint density at radius 2 is 2.03 bits per heavy atom. The Morgan fingerprint density at radius 1 is 1.19 bits per heavy atom. The molecule has 7 heteroatoms. The number of aromatic nitrogens is 3. The second kappa shape index (κ2) is 9.06. The molecule has 1 aliphatic rings. The van der Waals surface area contributed by atoms with Gasteiger partial charge in [-0.3, -0.25) is 19.3 Å². The predicted octanol–water partition coefficient (Wildman–Crippen LogP) is 2.31. The van der Waals surface area contributed by atoms with Gasteiger partial charge in [0.05, 0.1) is 12.0 Å². The zero-order chi connectivity index (χ0) is 22.6. The molecule has 1 fully saturated rings. The lowest BCUT2D eigenvalue weighted by Crippen LogP contribution is -2.45. The Hall–Kier alpha value is -3.92. The third kappa shape index (κ3) is 4.12. The minimum Gasteiger partial charge on any atom is -0.345 e. The molecule has 0 radical (unpaired) electrons. The number of aryl methyl sites for hydroxylation is 1. The molecule has 1 unspecified atom stereocenters. The molecule has 1 saturated heterocycles. The minimum atomic E-state index is -0.774. The van der Waals surface area contributed by atoms with Gasteiger partial charge in [0.15, 0.2) is 0 Å².